The third-order valence-electron chi connectivity index (χ3n) is 1.24. The molecule has 0 bridgehead atoms. The van der Waals surface area contributed by atoms with Crippen LogP contribution >= 0.6 is 34.2 Å². The van der Waals surface area contributed by atoms with E-state index in [0.29, 0.717) is 5.75 Å². The molecule has 0 aliphatic rings. The Kier molecular flexibility index (Phi) is 3.95. The quantitative estimate of drug-likeness (QED) is 0.392. The van der Waals surface area contributed by atoms with E-state index in [1.807, 2.05) is 28.7 Å². The highest BCUT2D eigenvalue weighted by Crippen LogP contribution is 2.20. The lowest BCUT2D eigenvalue weighted by atomic mass is 10.3. The van der Waals surface area contributed by atoms with Gasteiger partial charge in [0.25, 0.3) is 0 Å². The third-order valence-corrected chi connectivity index (χ3v) is 2.31. The number of hydrogen-bond acceptors (Lipinski definition) is 3. The van der Waals surface area contributed by atoms with E-state index in [0.717, 1.165) is 3.57 Å². The molecule has 1 atom stereocenters. The fourth-order valence-electron chi connectivity index (χ4n) is 0.685. The van der Waals surface area contributed by atoms with E-state index < -0.39 is 11.5 Å². The summed E-state index contributed by atoms with van der Waals surface area (Å²) in [5.41, 5.74) is -1.61. The van der Waals surface area contributed by atoms with E-state index in [1.165, 1.54) is 0 Å². The number of esters is 1. The summed E-state index contributed by atoms with van der Waals surface area (Å²) >= 11 is 7.12. The van der Waals surface area contributed by atoms with Gasteiger partial charge in [-0.05, 0) is 34.7 Å². The van der Waals surface area contributed by atoms with Crippen LogP contribution in [-0.4, -0.2) is 16.6 Å². The second-order valence-electron chi connectivity index (χ2n) is 2.19. The number of aliphatic hydroxyl groups is 1. The Labute approximate surface area is 93.8 Å². The maximum absolute atomic E-state index is 10.9. The van der Waals surface area contributed by atoms with Gasteiger partial charge in [0.15, 0.2) is 0 Å². The van der Waals surface area contributed by atoms with Gasteiger partial charge >= 0.3 is 5.97 Å². The van der Waals surface area contributed by atoms with Gasteiger partial charge in [-0.1, -0.05) is 23.7 Å². The van der Waals surface area contributed by atoms with Gasteiger partial charge in [-0.3, -0.25) is 0 Å². The Bertz CT molecular complexity index is 314. The molecule has 0 spiro atoms. The predicted octanol–water partition coefficient (Wildman–Crippen LogP) is 1.75. The molecular formula is C8H6ClIO3. The zero-order valence-corrected chi connectivity index (χ0v) is 9.32. The van der Waals surface area contributed by atoms with Gasteiger partial charge < -0.3 is 9.84 Å². The van der Waals surface area contributed by atoms with Crippen molar-refractivity contribution in [2.24, 2.45) is 0 Å². The number of hydrogen-bond donors (Lipinski definition) is 1. The zero-order valence-electron chi connectivity index (χ0n) is 6.41. The Hall–Kier alpha value is -0.330. The summed E-state index contributed by atoms with van der Waals surface area (Å²) in [5, 5.41) is 8.66. The van der Waals surface area contributed by atoms with E-state index in [1.54, 1.807) is 18.2 Å². The Morgan fingerprint density at radius 1 is 1.54 bits per heavy atom. The van der Waals surface area contributed by atoms with Crippen molar-refractivity contribution in [2.75, 3.05) is 0 Å². The van der Waals surface area contributed by atoms with Crippen LogP contribution in [0.25, 0.3) is 0 Å². The number of benzene rings is 1. The second-order valence-corrected chi connectivity index (χ2v) is 3.76. The van der Waals surface area contributed by atoms with Crippen LogP contribution in [-0.2, 0) is 4.79 Å². The molecule has 1 rings (SSSR count). The summed E-state index contributed by atoms with van der Waals surface area (Å²) in [4.78, 5) is 10.9. The summed E-state index contributed by atoms with van der Waals surface area (Å²) in [5.74, 6) is -0.474. The lowest BCUT2D eigenvalue weighted by Gasteiger charge is -2.05. The van der Waals surface area contributed by atoms with Crippen LogP contribution in [0, 0.1) is 3.57 Å². The van der Waals surface area contributed by atoms with Crippen LogP contribution in [0.1, 0.15) is 0 Å². The highest BCUT2D eigenvalue weighted by Gasteiger charge is 2.14. The molecule has 1 aromatic rings. The first-order valence-corrected chi connectivity index (χ1v) is 4.91. The Morgan fingerprint density at radius 2 is 2.15 bits per heavy atom. The predicted molar refractivity (Wildman–Crippen MR) is 56.7 cm³/mol. The molecule has 70 valence electrons. The van der Waals surface area contributed by atoms with Crippen molar-refractivity contribution >= 4 is 40.2 Å². The van der Waals surface area contributed by atoms with Gasteiger partial charge in [0.1, 0.15) is 5.75 Å². The lowest BCUT2D eigenvalue weighted by Crippen LogP contribution is -2.20. The average molecular weight is 312 g/mol. The summed E-state index contributed by atoms with van der Waals surface area (Å²) in [6.45, 7) is 0. The van der Waals surface area contributed by atoms with Gasteiger partial charge in [0.2, 0.25) is 5.56 Å². The summed E-state index contributed by atoms with van der Waals surface area (Å²) in [7, 11) is 0. The monoisotopic (exact) mass is 312 g/mol. The van der Waals surface area contributed by atoms with E-state index in [4.69, 9.17) is 21.4 Å². The molecule has 0 aliphatic heterocycles. The Balaban J connectivity index is 2.75. The maximum atomic E-state index is 10.9. The van der Waals surface area contributed by atoms with Crippen molar-refractivity contribution in [1.82, 2.24) is 0 Å². The molecule has 0 heterocycles. The van der Waals surface area contributed by atoms with Crippen LogP contribution < -0.4 is 4.74 Å². The van der Waals surface area contributed by atoms with Gasteiger partial charge in [-0.2, -0.15) is 0 Å². The molecule has 0 aliphatic carbocycles. The van der Waals surface area contributed by atoms with Crippen molar-refractivity contribution in [3.63, 3.8) is 0 Å². The van der Waals surface area contributed by atoms with Crippen molar-refractivity contribution in [1.29, 1.82) is 0 Å². The molecule has 0 aromatic heterocycles. The smallest absolute Gasteiger partial charge is 0.356 e. The van der Waals surface area contributed by atoms with Crippen LogP contribution in [0.4, 0.5) is 0 Å². The van der Waals surface area contributed by atoms with Gasteiger partial charge in [0, 0.05) is 0 Å². The van der Waals surface area contributed by atoms with Crippen molar-refractivity contribution in [3.8, 4) is 5.75 Å². The molecule has 0 radical (unpaired) electrons. The van der Waals surface area contributed by atoms with Crippen molar-refractivity contribution in [3.05, 3.63) is 27.8 Å². The number of alkyl halides is 1. The van der Waals surface area contributed by atoms with Crippen molar-refractivity contribution in [2.45, 2.75) is 5.56 Å². The molecule has 1 unspecified atom stereocenters. The van der Waals surface area contributed by atoms with Crippen LogP contribution in [0.2, 0.25) is 0 Å². The molecule has 0 fully saturated rings. The minimum absolute atomic E-state index is 0.396. The zero-order chi connectivity index (χ0) is 9.84. The van der Waals surface area contributed by atoms with Gasteiger partial charge in [0.05, 0.1) is 3.57 Å². The number of rotatable bonds is 2. The van der Waals surface area contributed by atoms with E-state index in [2.05, 4.69) is 0 Å². The van der Waals surface area contributed by atoms with E-state index in [-0.39, 0.29) is 0 Å². The number of carbonyl (C=O) groups excluding carboxylic acids is 1. The summed E-state index contributed by atoms with van der Waals surface area (Å²) in [6, 6.07) is 6.95. The molecular weight excluding hydrogens is 306 g/mol. The van der Waals surface area contributed by atoms with Crippen LogP contribution in [0.15, 0.2) is 24.3 Å². The van der Waals surface area contributed by atoms with Gasteiger partial charge in [-0.25, -0.2) is 4.79 Å². The second kappa shape index (κ2) is 4.78. The molecule has 1 N–H and O–H groups in total. The average Bonchev–Trinajstić information content (AvgIpc) is 2.08. The van der Waals surface area contributed by atoms with Crippen LogP contribution in [0.3, 0.4) is 0 Å². The molecule has 13 heavy (non-hydrogen) atoms. The first-order chi connectivity index (χ1) is 6.11. The van der Waals surface area contributed by atoms with E-state index >= 15 is 0 Å². The lowest BCUT2D eigenvalue weighted by molar-refractivity contribution is -0.139. The number of carbonyl (C=O) groups is 1. The van der Waals surface area contributed by atoms with Gasteiger partial charge in [-0.15, -0.1) is 0 Å². The Morgan fingerprint density at radius 3 is 2.69 bits per heavy atom. The number of ether oxygens (including phenoxy) is 1. The molecule has 5 heteroatoms. The maximum Gasteiger partial charge on any atom is 0.356 e. The fourth-order valence-corrected chi connectivity index (χ4v) is 1.23. The molecule has 0 amide bonds. The first kappa shape index (κ1) is 10.7. The minimum atomic E-state index is -1.61. The highest BCUT2D eigenvalue weighted by molar-refractivity contribution is 14.1. The number of halogens is 2. The van der Waals surface area contributed by atoms with Crippen LogP contribution in [0.5, 0.6) is 5.75 Å². The molecule has 3 nitrogen and oxygen atoms in total. The number of para-hydroxylation sites is 1. The molecule has 1 aromatic carbocycles. The largest absolute Gasteiger partial charge is 0.423 e. The minimum Gasteiger partial charge on any atom is -0.423 e. The molecule has 0 saturated heterocycles. The van der Waals surface area contributed by atoms with E-state index in [9.17, 15) is 4.79 Å². The molecule has 0 saturated carbocycles. The normalized spacial score (nSPS) is 12.2. The first-order valence-electron chi connectivity index (χ1n) is 3.39. The summed E-state index contributed by atoms with van der Waals surface area (Å²) < 4.78 is 5.56. The highest BCUT2D eigenvalue weighted by atomic mass is 127. The standard InChI is InChI=1S/C8H6ClIO3/c9-7(11)8(12)13-6-4-2-1-3-5(6)10/h1-4,7,11H. The summed E-state index contributed by atoms with van der Waals surface area (Å²) in [6.07, 6.45) is 0. The fraction of sp³-hybridized carbons (Fsp3) is 0.125. The third kappa shape index (κ3) is 3.13. The van der Waals surface area contributed by atoms with Crippen molar-refractivity contribution < 1.29 is 14.6 Å². The number of aliphatic hydroxyl groups excluding tert-OH is 1. The topological polar surface area (TPSA) is 46.5 Å². The SMILES string of the molecule is O=C(Oc1ccccc1I)C(O)Cl.